The molecule has 1 atom stereocenters. The minimum atomic E-state index is -3.62. The van der Waals surface area contributed by atoms with Crippen LogP contribution >= 0.6 is 0 Å². The Hall–Kier alpha value is -0.960. The number of hydrogen-bond acceptors (Lipinski definition) is 5. The monoisotopic (exact) mass is 314 g/mol. The lowest BCUT2D eigenvalue weighted by Crippen LogP contribution is -2.51. The molecule has 7 nitrogen and oxygen atoms in total. The molecule has 2 heterocycles. The summed E-state index contributed by atoms with van der Waals surface area (Å²) in [6.07, 6.45) is 5.53. The van der Waals surface area contributed by atoms with Gasteiger partial charge >= 0.3 is 0 Å². The average molecular weight is 314 g/mol. The lowest BCUT2D eigenvalue weighted by Gasteiger charge is -2.33. The van der Waals surface area contributed by atoms with Crippen LogP contribution in [0.3, 0.4) is 0 Å². The zero-order valence-corrected chi connectivity index (χ0v) is 13.0. The molecule has 1 saturated carbocycles. The Morgan fingerprint density at radius 2 is 2.33 bits per heavy atom. The Morgan fingerprint density at radius 1 is 1.52 bits per heavy atom. The maximum Gasteiger partial charge on any atom is 0.258 e. The number of sulfonamides is 1. The maximum atomic E-state index is 12.6. The van der Waals surface area contributed by atoms with Crippen molar-refractivity contribution in [2.75, 3.05) is 13.2 Å². The molecule has 0 bridgehead atoms. The molecule has 0 aromatic carbocycles. The molecule has 0 radical (unpaired) electrons. The highest BCUT2D eigenvalue weighted by Crippen LogP contribution is 2.23. The first-order valence-corrected chi connectivity index (χ1v) is 8.84. The van der Waals surface area contributed by atoms with Gasteiger partial charge in [-0.2, -0.15) is 5.10 Å². The molecular weight excluding hydrogens is 292 g/mol. The van der Waals surface area contributed by atoms with Gasteiger partial charge in [0.05, 0.1) is 18.3 Å². The van der Waals surface area contributed by atoms with Gasteiger partial charge in [0, 0.05) is 24.8 Å². The molecule has 3 N–H and O–H groups in total. The van der Waals surface area contributed by atoms with E-state index in [9.17, 15) is 8.42 Å². The zero-order valence-electron chi connectivity index (χ0n) is 12.2. The van der Waals surface area contributed by atoms with E-state index in [0.717, 1.165) is 25.7 Å². The number of hydrogen-bond donors (Lipinski definition) is 3. The Bertz CT molecular complexity index is 588. The van der Waals surface area contributed by atoms with E-state index in [-0.39, 0.29) is 5.03 Å². The van der Waals surface area contributed by atoms with Crippen molar-refractivity contribution in [3.05, 3.63) is 11.8 Å². The largest absolute Gasteiger partial charge is 0.380 e. The van der Waals surface area contributed by atoms with Gasteiger partial charge < -0.3 is 10.1 Å². The van der Waals surface area contributed by atoms with Crippen molar-refractivity contribution in [1.29, 1.82) is 0 Å². The topological polar surface area (TPSA) is 96.1 Å². The van der Waals surface area contributed by atoms with Crippen LogP contribution in [0.4, 0.5) is 0 Å². The normalized spacial score (nSPS) is 26.9. The quantitative estimate of drug-likeness (QED) is 0.711. The number of aromatic amines is 1. The second kappa shape index (κ2) is 5.68. The molecule has 1 aliphatic heterocycles. The van der Waals surface area contributed by atoms with Crippen molar-refractivity contribution in [2.24, 2.45) is 0 Å². The zero-order chi connectivity index (χ0) is 14.9. The van der Waals surface area contributed by atoms with Gasteiger partial charge in [0.1, 0.15) is 0 Å². The third kappa shape index (κ3) is 3.63. The smallest absolute Gasteiger partial charge is 0.258 e. The lowest BCUT2D eigenvalue weighted by molar-refractivity contribution is 0.0386. The Labute approximate surface area is 124 Å². The summed E-state index contributed by atoms with van der Waals surface area (Å²) in [4.78, 5) is 0. The first kappa shape index (κ1) is 15.0. The number of nitrogens with one attached hydrogen (secondary N) is 3. The van der Waals surface area contributed by atoms with E-state index in [1.54, 1.807) is 6.20 Å². The van der Waals surface area contributed by atoms with Gasteiger partial charge in [-0.25, -0.2) is 13.1 Å². The molecule has 1 aliphatic carbocycles. The second-order valence-electron chi connectivity index (χ2n) is 6.20. The summed E-state index contributed by atoms with van der Waals surface area (Å²) in [6, 6.07) is 0.521. The summed E-state index contributed by atoms with van der Waals surface area (Å²) in [5.74, 6) is 0. The van der Waals surface area contributed by atoms with Crippen molar-refractivity contribution in [1.82, 2.24) is 20.2 Å². The predicted molar refractivity (Wildman–Crippen MR) is 77.2 cm³/mol. The van der Waals surface area contributed by atoms with Crippen LogP contribution < -0.4 is 10.0 Å². The Balaban J connectivity index is 1.73. The SMILES string of the molecule is CC1(NS(=O)(=O)c2[nH]ncc2CNC2CC2)CCCOC1. The van der Waals surface area contributed by atoms with E-state index in [1.807, 2.05) is 6.92 Å². The van der Waals surface area contributed by atoms with E-state index in [2.05, 4.69) is 20.2 Å². The fourth-order valence-electron chi connectivity index (χ4n) is 2.59. The van der Waals surface area contributed by atoms with Crippen LogP contribution in [0.5, 0.6) is 0 Å². The molecular formula is C13H22N4O3S. The summed E-state index contributed by atoms with van der Waals surface area (Å²) in [5, 5.41) is 9.97. The third-order valence-electron chi connectivity index (χ3n) is 3.92. The molecule has 1 unspecified atom stereocenters. The third-order valence-corrected chi connectivity index (χ3v) is 5.58. The molecule has 1 aromatic heterocycles. The standard InChI is InChI=1S/C13H22N4O3S/c1-13(5-2-6-20-9-13)17-21(18,19)12-10(8-15-16-12)7-14-11-3-4-11/h8,11,14,17H,2-7,9H2,1H3,(H,15,16). The van der Waals surface area contributed by atoms with Crippen molar-refractivity contribution >= 4 is 10.0 Å². The van der Waals surface area contributed by atoms with E-state index in [4.69, 9.17) is 4.74 Å². The van der Waals surface area contributed by atoms with Gasteiger partial charge in [-0.15, -0.1) is 0 Å². The fourth-order valence-corrected chi connectivity index (χ4v) is 4.14. The molecule has 1 saturated heterocycles. The molecule has 1 aromatic rings. The fraction of sp³-hybridized carbons (Fsp3) is 0.769. The predicted octanol–water partition coefficient (Wildman–Crippen LogP) is 0.509. The molecule has 8 heteroatoms. The lowest BCUT2D eigenvalue weighted by atomic mass is 9.97. The molecule has 118 valence electrons. The van der Waals surface area contributed by atoms with Gasteiger partial charge in [-0.1, -0.05) is 0 Å². The Kier molecular flexibility index (Phi) is 4.04. The van der Waals surface area contributed by atoms with Gasteiger partial charge in [0.2, 0.25) is 0 Å². The summed E-state index contributed by atoms with van der Waals surface area (Å²) in [7, 11) is -3.62. The number of ether oxygens (including phenoxy) is 1. The highest BCUT2D eigenvalue weighted by molar-refractivity contribution is 7.89. The molecule has 21 heavy (non-hydrogen) atoms. The minimum Gasteiger partial charge on any atom is -0.380 e. The van der Waals surface area contributed by atoms with Crippen LogP contribution in [-0.4, -0.2) is 43.4 Å². The minimum absolute atomic E-state index is 0.155. The Morgan fingerprint density at radius 3 is 3.00 bits per heavy atom. The van der Waals surface area contributed by atoms with Crippen LogP contribution in [0, 0.1) is 0 Å². The van der Waals surface area contributed by atoms with Crippen molar-refractivity contribution < 1.29 is 13.2 Å². The van der Waals surface area contributed by atoms with Crippen molar-refractivity contribution in [3.63, 3.8) is 0 Å². The van der Waals surface area contributed by atoms with Crippen LogP contribution in [0.2, 0.25) is 0 Å². The van der Waals surface area contributed by atoms with Gasteiger partial charge in [-0.05, 0) is 32.6 Å². The first-order chi connectivity index (χ1) is 9.99. The van der Waals surface area contributed by atoms with E-state index < -0.39 is 15.6 Å². The van der Waals surface area contributed by atoms with E-state index >= 15 is 0 Å². The summed E-state index contributed by atoms with van der Waals surface area (Å²) < 4.78 is 33.3. The van der Waals surface area contributed by atoms with Crippen molar-refractivity contribution in [2.45, 2.75) is 55.8 Å². The van der Waals surface area contributed by atoms with Gasteiger partial charge in [0.15, 0.2) is 5.03 Å². The van der Waals surface area contributed by atoms with Crippen LogP contribution in [-0.2, 0) is 21.3 Å². The van der Waals surface area contributed by atoms with E-state index in [0.29, 0.717) is 31.4 Å². The van der Waals surface area contributed by atoms with Gasteiger partial charge in [0.25, 0.3) is 10.0 Å². The van der Waals surface area contributed by atoms with Crippen LogP contribution in [0.15, 0.2) is 11.2 Å². The highest BCUT2D eigenvalue weighted by Gasteiger charge is 2.34. The van der Waals surface area contributed by atoms with E-state index in [1.165, 1.54) is 0 Å². The number of rotatable bonds is 6. The summed E-state index contributed by atoms with van der Waals surface area (Å²) in [6.45, 7) is 3.49. The van der Waals surface area contributed by atoms with Gasteiger partial charge in [-0.3, -0.25) is 5.10 Å². The summed E-state index contributed by atoms with van der Waals surface area (Å²) in [5.41, 5.74) is 0.123. The average Bonchev–Trinajstić information content (AvgIpc) is 3.12. The second-order valence-corrected chi connectivity index (χ2v) is 7.82. The number of nitrogens with zero attached hydrogens (tertiary/aromatic N) is 1. The van der Waals surface area contributed by atoms with Crippen molar-refractivity contribution in [3.8, 4) is 0 Å². The highest BCUT2D eigenvalue weighted by atomic mass is 32.2. The van der Waals surface area contributed by atoms with Crippen LogP contribution in [0.25, 0.3) is 0 Å². The molecule has 3 rings (SSSR count). The molecule has 0 amide bonds. The molecule has 0 spiro atoms. The molecule has 2 aliphatic rings. The number of aromatic nitrogens is 2. The molecule has 2 fully saturated rings. The first-order valence-electron chi connectivity index (χ1n) is 7.36. The summed E-state index contributed by atoms with van der Waals surface area (Å²) >= 11 is 0. The maximum absolute atomic E-state index is 12.6. The van der Waals surface area contributed by atoms with Crippen LogP contribution in [0.1, 0.15) is 38.2 Å². The number of H-pyrrole nitrogens is 1.